The molecular formula is C14H18O2. The average molecular weight is 218 g/mol. The first-order chi connectivity index (χ1) is 7.54. The Morgan fingerprint density at radius 1 is 1.44 bits per heavy atom. The molecule has 1 N–H and O–H groups in total. The molecule has 0 radical (unpaired) electrons. The lowest BCUT2D eigenvalue weighted by molar-refractivity contribution is -0.135. The van der Waals surface area contributed by atoms with Gasteiger partial charge < -0.3 is 5.11 Å². The SMILES string of the molecule is C=C(CC(=O)O)c1cc(C)ccc1CCC. The van der Waals surface area contributed by atoms with Gasteiger partial charge in [0, 0.05) is 0 Å². The number of benzene rings is 1. The van der Waals surface area contributed by atoms with E-state index in [2.05, 4.69) is 25.6 Å². The number of hydrogen-bond donors (Lipinski definition) is 1. The Hall–Kier alpha value is -1.57. The number of carboxylic acids is 1. The molecule has 1 aromatic carbocycles. The molecule has 0 saturated carbocycles. The summed E-state index contributed by atoms with van der Waals surface area (Å²) >= 11 is 0. The van der Waals surface area contributed by atoms with Crippen molar-refractivity contribution >= 4 is 11.5 Å². The van der Waals surface area contributed by atoms with E-state index in [1.54, 1.807) is 0 Å². The van der Waals surface area contributed by atoms with Gasteiger partial charge in [0.15, 0.2) is 0 Å². The molecule has 2 heteroatoms. The topological polar surface area (TPSA) is 37.3 Å². The monoisotopic (exact) mass is 218 g/mol. The van der Waals surface area contributed by atoms with Gasteiger partial charge in [-0.25, -0.2) is 0 Å². The molecular weight excluding hydrogens is 200 g/mol. The van der Waals surface area contributed by atoms with Gasteiger partial charge in [0.25, 0.3) is 0 Å². The molecule has 0 heterocycles. The van der Waals surface area contributed by atoms with Gasteiger partial charge in [-0.15, -0.1) is 0 Å². The summed E-state index contributed by atoms with van der Waals surface area (Å²) in [6, 6.07) is 6.15. The van der Waals surface area contributed by atoms with E-state index < -0.39 is 5.97 Å². The fourth-order valence-corrected chi connectivity index (χ4v) is 1.78. The highest BCUT2D eigenvalue weighted by molar-refractivity contribution is 5.84. The summed E-state index contributed by atoms with van der Waals surface area (Å²) in [5.74, 6) is -0.825. The Morgan fingerprint density at radius 2 is 2.12 bits per heavy atom. The Labute approximate surface area is 96.6 Å². The maximum atomic E-state index is 10.7. The number of hydrogen-bond acceptors (Lipinski definition) is 1. The van der Waals surface area contributed by atoms with Crippen molar-refractivity contribution in [3.05, 3.63) is 41.5 Å². The third-order valence-electron chi connectivity index (χ3n) is 2.53. The second kappa shape index (κ2) is 5.50. The van der Waals surface area contributed by atoms with Crippen molar-refractivity contribution in [2.24, 2.45) is 0 Å². The molecule has 1 aromatic rings. The molecule has 0 unspecified atom stereocenters. The summed E-state index contributed by atoms with van der Waals surface area (Å²) in [4.78, 5) is 10.7. The molecule has 0 spiro atoms. The maximum absolute atomic E-state index is 10.7. The highest BCUT2D eigenvalue weighted by Crippen LogP contribution is 2.23. The van der Waals surface area contributed by atoms with Gasteiger partial charge in [-0.1, -0.05) is 43.7 Å². The summed E-state index contributed by atoms with van der Waals surface area (Å²) in [6.45, 7) is 7.99. The van der Waals surface area contributed by atoms with E-state index in [4.69, 9.17) is 5.11 Å². The second-order valence-electron chi connectivity index (χ2n) is 4.08. The first-order valence-electron chi connectivity index (χ1n) is 5.54. The van der Waals surface area contributed by atoms with Crippen LogP contribution in [-0.2, 0) is 11.2 Å². The molecule has 0 aliphatic rings. The number of aliphatic carboxylic acids is 1. The molecule has 1 rings (SSSR count). The zero-order chi connectivity index (χ0) is 12.1. The number of aryl methyl sites for hydroxylation is 2. The Kier molecular flexibility index (Phi) is 4.29. The highest BCUT2D eigenvalue weighted by atomic mass is 16.4. The van der Waals surface area contributed by atoms with Crippen LogP contribution in [0.4, 0.5) is 0 Å². The first-order valence-corrected chi connectivity index (χ1v) is 5.54. The third-order valence-corrected chi connectivity index (χ3v) is 2.53. The Balaban J connectivity index is 3.03. The number of rotatable bonds is 5. The van der Waals surface area contributed by atoms with Crippen LogP contribution in [-0.4, -0.2) is 11.1 Å². The Morgan fingerprint density at radius 3 is 2.69 bits per heavy atom. The molecule has 0 aromatic heterocycles. The van der Waals surface area contributed by atoms with E-state index >= 15 is 0 Å². The van der Waals surface area contributed by atoms with Crippen molar-refractivity contribution in [2.75, 3.05) is 0 Å². The van der Waals surface area contributed by atoms with Gasteiger partial charge in [0.05, 0.1) is 6.42 Å². The second-order valence-corrected chi connectivity index (χ2v) is 4.08. The maximum Gasteiger partial charge on any atom is 0.307 e. The van der Waals surface area contributed by atoms with E-state index in [0.717, 1.165) is 24.0 Å². The molecule has 86 valence electrons. The molecule has 0 bridgehead atoms. The normalized spacial score (nSPS) is 10.1. The lowest BCUT2D eigenvalue weighted by atomic mass is 9.94. The summed E-state index contributed by atoms with van der Waals surface area (Å²) in [5, 5.41) is 8.77. The van der Waals surface area contributed by atoms with Crippen molar-refractivity contribution < 1.29 is 9.90 Å². The molecule has 0 atom stereocenters. The van der Waals surface area contributed by atoms with Crippen molar-refractivity contribution in [1.29, 1.82) is 0 Å². The van der Waals surface area contributed by atoms with Gasteiger partial charge in [-0.3, -0.25) is 4.79 Å². The molecule has 0 aliphatic carbocycles. The van der Waals surface area contributed by atoms with Gasteiger partial charge in [-0.05, 0) is 30.0 Å². The summed E-state index contributed by atoms with van der Waals surface area (Å²) in [5.41, 5.74) is 4.03. The average Bonchev–Trinajstić information content (AvgIpc) is 2.20. The molecule has 16 heavy (non-hydrogen) atoms. The van der Waals surface area contributed by atoms with Gasteiger partial charge in [0.1, 0.15) is 0 Å². The smallest absolute Gasteiger partial charge is 0.307 e. The van der Waals surface area contributed by atoms with Gasteiger partial charge in [-0.2, -0.15) is 0 Å². The van der Waals surface area contributed by atoms with Crippen LogP contribution >= 0.6 is 0 Å². The molecule has 0 fully saturated rings. The minimum absolute atomic E-state index is 0.0141. The van der Waals surface area contributed by atoms with E-state index in [0.29, 0.717) is 5.57 Å². The first kappa shape index (κ1) is 12.5. The van der Waals surface area contributed by atoms with Crippen LogP contribution in [0.15, 0.2) is 24.8 Å². The van der Waals surface area contributed by atoms with Crippen molar-refractivity contribution in [1.82, 2.24) is 0 Å². The zero-order valence-electron chi connectivity index (χ0n) is 9.92. The van der Waals surface area contributed by atoms with E-state index in [1.165, 1.54) is 5.56 Å². The van der Waals surface area contributed by atoms with Crippen LogP contribution in [0, 0.1) is 6.92 Å². The lowest BCUT2D eigenvalue weighted by Crippen LogP contribution is -2.00. The van der Waals surface area contributed by atoms with Gasteiger partial charge in [0.2, 0.25) is 0 Å². The van der Waals surface area contributed by atoms with Crippen LogP contribution < -0.4 is 0 Å². The van der Waals surface area contributed by atoms with Gasteiger partial charge >= 0.3 is 5.97 Å². The van der Waals surface area contributed by atoms with Crippen LogP contribution in [0.2, 0.25) is 0 Å². The van der Waals surface area contributed by atoms with Crippen LogP contribution in [0.1, 0.15) is 36.5 Å². The number of carbonyl (C=O) groups is 1. The lowest BCUT2D eigenvalue weighted by Gasteiger charge is -2.11. The molecule has 0 amide bonds. The third kappa shape index (κ3) is 3.23. The van der Waals surface area contributed by atoms with E-state index in [-0.39, 0.29) is 6.42 Å². The summed E-state index contributed by atoms with van der Waals surface area (Å²) in [6.07, 6.45) is 2.03. The van der Waals surface area contributed by atoms with Crippen LogP contribution in [0.25, 0.3) is 5.57 Å². The minimum Gasteiger partial charge on any atom is -0.481 e. The summed E-state index contributed by atoms with van der Waals surface area (Å²) in [7, 11) is 0. The van der Waals surface area contributed by atoms with Crippen molar-refractivity contribution in [3.8, 4) is 0 Å². The predicted molar refractivity (Wildman–Crippen MR) is 66.5 cm³/mol. The molecule has 2 nitrogen and oxygen atoms in total. The van der Waals surface area contributed by atoms with Crippen LogP contribution in [0.5, 0.6) is 0 Å². The quantitative estimate of drug-likeness (QED) is 0.822. The molecule has 0 saturated heterocycles. The zero-order valence-corrected chi connectivity index (χ0v) is 9.92. The van der Waals surface area contributed by atoms with Crippen molar-refractivity contribution in [3.63, 3.8) is 0 Å². The van der Waals surface area contributed by atoms with Crippen LogP contribution in [0.3, 0.4) is 0 Å². The number of carboxylic acid groups (broad SMARTS) is 1. The highest BCUT2D eigenvalue weighted by Gasteiger charge is 2.09. The minimum atomic E-state index is -0.825. The largest absolute Gasteiger partial charge is 0.481 e. The van der Waals surface area contributed by atoms with E-state index in [9.17, 15) is 4.79 Å². The molecule has 0 aliphatic heterocycles. The summed E-state index contributed by atoms with van der Waals surface area (Å²) < 4.78 is 0. The fraction of sp³-hybridized carbons (Fsp3) is 0.357. The predicted octanol–water partition coefficient (Wildman–Crippen LogP) is 3.44. The standard InChI is InChI=1S/C14H18O2/c1-4-5-12-7-6-10(2)8-13(12)11(3)9-14(15)16/h6-8H,3-5,9H2,1-2H3,(H,15,16). The van der Waals surface area contributed by atoms with E-state index in [1.807, 2.05) is 13.0 Å². The van der Waals surface area contributed by atoms with Crippen molar-refractivity contribution in [2.45, 2.75) is 33.1 Å². The Bertz CT molecular complexity index is 405. The fourth-order valence-electron chi connectivity index (χ4n) is 1.78.